The predicted molar refractivity (Wildman–Crippen MR) is 78.2 cm³/mol. The van der Waals surface area contributed by atoms with Crippen LogP contribution in [0.4, 0.5) is 10.5 Å². The third kappa shape index (κ3) is 4.26. The Balaban J connectivity index is 1.99. The van der Waals surface area contributed by atoms with Gasteiger partial charge in [0.1, 0.15) is 0 Å². The molecule has 1 aromatic rings. The van der Waals surface area contributed by atoms with Gasteiger partial charge in [0, 0.05) is 18.4 Å². The van der Waals surface area contributed by atoms with Gasteiger partial charge in [-0.3, -0.25) is 9.59 Å². The van der Waals surface area contributed by atoms with E-state index in [2.05, 4.69) is 15.8 Å². The molecule has 0 fully saturated rings. The van der Waals surface area contributed by atoms with Crippen molar-refractivity contribution in [2.24, 2.45) is 5.10 Å². The molecule has 98 valence electrons. The number of anilines is 1. The number of carbonyl (C=O) groups excluding carboxylic acids is 2. The van der Waals surface area contributed by atoms with Gasteiger partial charge in [0.25, 0.3) is 5.24 Å². The van der Waals surface area contributed by atoms with E-state index in [4.69, 9.17) is 0 Å². The summed E-state index contributed by atoms with van der Waals surface area (Å²) in [6.07, 6.45) is 3.77. The number of nitrogens with zero attached hydrogens (tertiary/aromatic N) is 1. The average molecular weight is 275 g/mol. The maximum absolute atomic E-state index is 10.9. The third-order valence-electron chi connectivity index (χ3n) is 2.34. The number of hydrogen-bond acceptors (Lipinski definition) is 4. The van der Waals surface area contributed by atoms with Crippen molar-refractivity contribution in [2.45, 2.75) is 6.92 Å². The second-order valence-corrected chi connectivity index (χ2v) is 4.88. The summed E-state index contributed by atoms with van der Waals surface area (Å²) >= 11 is 1.19. The summed E-state index contributed by atoms with van der Waals surface area (Å²) in [5, 5.41) is 6.51. The highest BCUT2D eigenvalue weighted by molar-refractivity contribution is 8.14. The molecule has 0 aromatic heterocycles. The fourth-order valence-electron chi connectivity index (χ4n) is 1.48. The molecule has 0 unspecified atom stereocenters. The molecular weight excluding hydrogens is 262 g/mol. The smallest absolute Gasteiger partial charge is 0.299 e. The summed E-state index contributed by atoms with van der Waals surface area (Å²) in [6, 6.07) is 7.47. The Kier molecular flexibility index (Phi) is 4.35. The van der Waals surface area contributed by atoms with Crippen LogP contribution in [-0.4, -0.2) is 22.6 Å². The van der Waals surface area contributed by atoms with Crippen LogP contribution in [0.1, 0.15) is 12.5 Å². The maximum atomic E-state index is 10.9. The average Bonchev–Trinajstić information content (AvgIpc) is 2.39. The van der Waals surface area contributed by atoms with Crippen molar-refractivity contribution >= 4 is 40.4 Å². The molecule has 1 heterocycles. The molecule has 1 aromatic carbocycles. The molecule has 0 saturated heterocycles. The topological polar surface area (TPSA) is 70.6 Å². The summed E-state index contributed by atoms with van der Waals surface area (Å²) < 4.78 is 0. The van der Waals surface area contributed by atoms with E-state index in [1.807, 2.05) is 36.4 Å². The van der Waals surface area contributed by atoms with Gasteiger partial charge >= 0.3 is 0 Å². The van der Waals surface area contributed by atoms with E-state index in [0.29, 0.717) is 5.75 Å². The van der Waals surface area contributed by atoms with Gasteiger partial charge in [-0.15, -0.1) is 0 Å². The van der Waals surface area contributed by atoms with Gasteiger partial charge in [0.15, 0.2) is 0 Å². The predicted octanol–water partition coefficient (Wildman–Crippen LogP) is 2.47. The lowest BCUT2D eigenvalue weighted by atomic mass is 10.2. The molecule has 2 rings (SSSR count). The van der Waals surface area contributed by atoms with Gasteiger partial charge in [-0.2, -0.15) is 5.10 Å². The van der Waals surface area contributed by atoms with Crippen LogP contribution in [0.3, 0.4) is 0 Å². The minimum Gasteiger partial charge on any atom is -0.326 e. The van der Waals surface area contributed by atoms with Gasteiger partial charge < -0.3 is 5.32 Å². The Hall–Kier alpha value is -2.08. The van der Waals surface area contributed by atoms with Gasteiger partial charge in [0.2, 0.25) is 5.91 Å². The first kappa shape index (κ1) is 13.4. The van der Waals surface area contributed by atoms with E-state index in [0.717, 1.165) is 17.0 Å². The fourth-order valence-corrected chi connectivity index (χ4v) is 2.03. The molecule has 0 radical (unpaired) electrons. The standard InChI is InChI=1S/C13H13N3O2S/c1-9(17)14-11-5-2-10(3-6-11)4-7-12-8-19-13(18)16-15-12/h2-7H,8H2,1H3,(H,14,17)(H,16,18). The number of hydrogen-bond donors (Lipinski definition) is 2. The molecular formula is C13H13N3O2S. The second-order valence-electron chi connectivity index (χ2n) is 3.93. The van der Waals surface area contributed by atoms with Crippen molar-refractivity contribution in [3.05, 3.63) is 35.9 Å². The molecule has 5 nitrogen and oxygen atoms in total. The lowest BCUT2D eigenvalue weighted by molar-refractivity contribution is -0.114. The Morgan fingerprint density at radius 3 is 2.68 bits per heavy atom. The molecule has 0 atom stereocenters. The van der Waals surface area contributed by atoms with Gasteiger partial charge in [-0.1, -0.05) is 30.0 Å². The summed E-state index contributed by atoms with van der Waals surface area (Å²) in [7, 11) is 0. The van der Waals surface area contributed by atoms with E-state index >= 15 is 0 Å². The molecule has 2 N–H and O–H groups in total. The third-order valence-corrected chi connectivity index (χ3v) is 3.13. The zero-order chi connectivity index (χ0) is 13.7. The van der Waals surface area contributed by atoms with Crippen molar-refractivity contribution in [2.75, 3.05) is 11.1 Å². The highest BCUT2D eigenvalue weighted by atomic mass is 32.2. The van der Waals surface area contributed by atoms with Crippen molar-refractivity contribution in [1.29, 1.82) is 0 Å². The van der Waals surface area contributed by atoms with Crippen LogP contribution in [0.5, 0.6) is 0 Å². The largest absolute Gasteiger partial charge is 0.326 e. The normalized spacial score (nSPS) is 15.0. The molecule has 0 aliphatic carbocycles. The van der Waals surface area contributed by atoms with Gasteiger partial charge in [0.05, 0.1) is 5.71 Å². The van der Waals surface area contributed by atoms with Crippen LogP contribution in [0.2, 0.25) is 0 Å². The molecule has 1 aliphatic heterocycles. The van der Waals surface area contributed by atoms with Gasteiger partial charge in [-0.25, -0.2) is 5.43 Å². The molecule has 19 heavy (non-hydrogen) atoms. The number of amides is 2. The first-order valence-electron chi connectivity index (χ1n) is 5.68. The monoisotopic (exact) mass is 275 g/mol. The molecule has 0 bridgehead atoms. The van der Waals surface area contributed by atoms with E-state index < -0.39 is 0 Å². The SMILES string of the molecule is CC(=O)Nc1ccc(C=CC2=NNC(=O)SC2)cc1. The van der Waals surface area contributed by atoms with Crippen LogP contribution in [0.25, 0.3) is 6.08 Å². The van der Waals surface area contributed by atoms with Crippen LogP contribution in [0, 0.1) is 0 Å². The van der Waals surface area contributed by atoms with E-state index in [1.54, 1.807) is 0 Å². The van der Waals surface area contributed by atoms with Crippen LogP contribution >= 0.6 is 11.8 Å². The number of thioether (sulfide) groups is 1. The zero-order valence-electron chi connectivity index (χ0n) is 10.3. The van der Waals surface area contributed by atoms with Crippen molar-refractivity contribution in [1.82, 2.24) is 5.43 Å². The minimum atomic E-state index is -0.128. The summed E-state index contributed by atoms with van der Waals surface area (Å²) in [4.78, 5) is 21.8. The van der Waals surface area contributed by atoms with Crippen molar-refractivity contribution in [3.8, 4) is 0 Å². The van der Waals surface area contributed by atoms with Crippen LogP contribution in [0.15, 0.2) is 35.4 Å². The number of nitrogens with one attached hydrogen (secondary N) is 2. The lowest BCUT2D eigenvalue weighted by Crippen LogP contribution is -2.21. The summed E-state index contributed by atoms with van der Waals surface area (Å²) in [5.74, 6) is 0.486. The van der Waals surface area contributed by atoms with E-state index in [1.165, 1.54) is 18.7 Å². The first-order valence-corrected chi connectivity index (χ1v) is 6.67. The zero-order valence-corrected chi connectivity index (χ0v) is 11.2. The highest BCUT2D eigenvalue weighted by Crippen LogP contribution is 2.12. The number of rotatable bonds is 3. The first-order chi connectivity index (χ1) is 9.13. The molecule has 0 saturated carbocycles. The van der Waals surface area contributed by atoms with Crippen molar-refractivity contribution < 1.29 is 9.59 Å². The number of benzene rings is 1. The van der Waals surface area contributed by atoms with Crippen LogP contribution in [-0.2, 0) is 4.79 Å². The Labute approximate surface area is 115 Å². The number of carbonyl (C=O) groups is 2. The number of allylic oxidation sites excluding steroid dienone is 1. The lowest BCUT2D eigenvalue weighted by Gasteiger charge is -2.07. The van der Waals surface area contributed by atoms with E-state index in [-0.39, 0.29) is 11.1 Å². The van der Waals surface area contributed by atoms with Gasteiger partial charge in [-0.05, 0) is 23.8 Å². The molecule has 2 amide bonds. The van der Waals surface area contributed by atoms with Crippen LogP contribution < -0.4 is 10.7 Å². The Bertz CT molecular complexity index is 550. The molecule has 0 spiro atoms. The maximum Gasteiger partial charge on any atom is 0.299 e. The Morgan fingerprint density at radius 2 is 2.11 bits per heavy atom. The van der Waals surface area contributed by atoms with Crippen molar-refractivity contribution in [3.63, 3.8) is 0 Å². The van der Waals surface area contributed by atoms with E-state index in [9.17, 15) is 9.59 Å². The molecule has 1 aliphatic rings. The number of hydrazone groups is 1. The second kappa shape index (κ2) is 6.19. The fraction of sp³-hybridized carbons (Fsp3) is 0.154. The minimum absolute atomic E-state index is 0.0902. The summed E-state index contributed by atoms with van der Waals surface area (Å²) in [6.45, 7) is 1.47. The summed E-state index contributed by atoms with van der Waals surface area (Å²) in [5.41, 5.74) is 4.99. The molecule has 6 heteroatoms. The Morgan fingerprint density at radius 1 is 1.37 bits per heavy atom. The highest BCUT2D eigenvalue weighted by Gasteiger charge is 2.09. The quantitative estimate of drug-likeness (QED) is 0.890.